The zero-order chi connectivity index (χ0) is 35.1. The smallest absolute Gasteiger partial charge is 0.408 e. The number of amides is 1. The average Bonchev–Trinajstić information content (AvgIpc) is 3.54. The Morgan fingerprint density at radius 2 is 1.72 bits per heavy atom. The lowest BCUT2D eigenvalue weighted by Crippen LogP contribution is -2.46. The van der Waals surface area contributed by atoms with E-state index in [9.17, 15) is 9.59 Å². The number of aryl methyl sites for hydroxylation is 2. The largest absolute Gasteiger partial charge is 0.494 e. The van der Waals surface area contributed by atoms with Crippen molar-refractivity contribution < 1.29 is 23.8 Å². The summed E-state index contributed by atoms with van der Waals surface area (Å²) in [5, 5.41) is 3.53. The molecule has 8 nitrogen and oxygen atoms in total. The fourth-order valence-corrected chi connectivity index (χ4v) is 7.46. The minimum Gasteiger partial charge on any atom is -0.494 e. The predicted octanol–water partition coefficient (Wildman–Crippen LogP) is 8.12. The number of alkyl carbamates (subject to hydrolysis) is 1. The Labute approximate surface area is 301 Å². The molecule has 2 aromatic carbocycles. The summed E-state index contributed by atoms with van der Waals surface area (Å²) in [5.41, 5.74) is 8.07. The van der Waals surface area contributed by atoms with E-state index in [2.05, 4.69) is 28.4 Å². The summed E-state index contributed by atoms with van der Waals surface area (Å²) in [5.74, 6) is 0.359. The van der Waals surface area contributed by atoms with Gasteiger partial charge < -0.3 is 24.4 Å². The number of carbonyl (C=O) groups excluding carboxylic acids is 2. The normalized spacial score (nSPS) is 17.4. The predicted molar refractivity (Wildman–Crippen MR) is 197 cm³/mol. The zero-order valence-corrected chi connectivity index (χ0v) is 30.4. The molecule has 50 heavy (non-hydrogen) atoms. The van der Waals surface area contributed by atoms with E-state index in [1.54, 1.807) is 20.8 Å². The fourth-order valence-electron chi connectivity index (χ4n) is 7.26. The number of halogens is 1. The number of likely N-dealkylation sites (tertiary alicyclic amines) is 1. The molecule has 9 heteroatoms. The van der Waals surface area contributed by atoms with Crippen LogP contribution in [-0.4, -0.2) is 65.9 Å². The molecular weight excluding hydrogens is 650 g/mol. The molecule has 1 aromatic heterocycles. The van der Waals surface area contributed by atoms with Crippen molar-refractivity contribution in [3.63, 3.8) is 0 Å². The van der Waals surface area contributed by atoms with Crippen molar-refractivity contribution in [2.75, 3.05) is 26.2 Å². The molecule has 0 radical (unpaired) electrons. The van der Waals surface area contributed by atoms with Crippen molar-refractivity contribution in [3.8, 4) is 5.75 Å². The van der Waals surface area contributed by atoms with Crippen LogP contribution in [0.4, 0.5) is 4.79 Å². The number of carbonyl (C=O) groups is 2. The number of nitrogens with one attached hydrogen (secondary N) is 1. The molecule has 3 aromatic rings. The van der Waals surface area contributed by atoms with Crippen molar-refractivity contribution in [1.82, 2.24) is 15.2 Å². The van der Waals surface area contributed by atoms with Gasteiger partial charge in [-0.05, 0) is 131 Å². The number of aromatic nitrogens is 1. The number of rotatable bonds is 10. The molecule has 0 bridgehead atoms. The molecule has 1 N–H and O–H groups in total. The van der Waals surface area contributed by atoms with Gasteiger partial charge >= 0.3 is 12.1 Å². The summed E-state index contributed by atoms with van der Waals surface area (Å²) in [7, 11) is 0. The second kappa shape index (κ2) is 16.4. The molecule has 1 saturated carbocycles. The van der Waals surface area contributed by atoms with Gasteiger partial charge in [-0.3, -0.25) is 4.98 Å². The highest BCUT2D eigenvalue weighted by Gasteiger charge is 2.29. The van der Waals surface area contributed by atoms with Gasteiger partial charge in [0, 0.05) is 42.8 Å². The first-order chi connectivity index (χ1) is 24.1. The van der Waals surface area contributed by atoms with Crippen molar-refractivity contribution in [3.05, 3.63) is 99.3 Å². The fraction of sp³-hybridized carbons (Fsp3) is 0.488. The summed E-state index contributed by atoms with van der Waals surface area (Å²) < 4.78 is 17.3. The van der Waals surface area contributed by atoms with Crippen molar-refractivity contribution >= 4 is 29.2 Å². The van der Waals surface area contributed by atoms with Crippen LogP contribution in [-0.2, 0) is 33.5 Å². The van der Waals surface area contributed by atoms with Gasteiger partial charge in [-0.1, -0.05) is 41.4 Å². The first-order valence-electron chi connectivity index (χ1n) is 18.2. The molecule has 2 heterocycles. The first-order valence-corrected chi connectivity index (χ1v) is 18.6. The van der Waals surface area contributed by atoms with Crippen molar-refractivity contribution in [2.45, 2.75) is 103 Å². The maximum Gasteiger partial charge on any atom is 0.408 e. The molecule has 1 saturated heterocycles. The Morgan fingerprint density at radius 1 is 0.980 bits per heavy atom. The molecule has 3 aliphatic rings. The molecule has 0 unspecified atom stereocenters. The minimum absolute atomic E-state index is 0.0842. The van der Waals surface area contributed by atoms with Crippen LogP contribution in [0.15, 0.2) is 66.4 Å². The highest BCUT2D eigenvalue weighted by Crippen LogP contribution is 2.38. The van der Waals surface area contributed by atoms with E-state index in [1.807, 2.05) is 42.6 Å². The Balaban J connectivity index is 0.996. The lowest BCUT2D eigenvalue weighted by molar-refractivity contribution is -0.151. The maximum atomic E-state index is 13.1. The summed E-state index contributed by atoms with van der Waals surface area (Å²) in [4.78, 5) is 33.0. The molecule has 2 aliphatic carbocycles. The third kappa shape index (κ3) is 9.67. The second-order valence-corrected chi connectivity index (χ2v) is 15.2. The third-order valence-electron chi connectivity index (χ3n) is 9.75. The minimum atomic E-state index is -0.834. The van der Waals surface area contributed by atoms with Gasteiger partial charge in [0.15, 0.2) is 0 Å². The molecule has 0 spiro atoms. The van der Waals surface area contributed by atoms with Gasteiger partial charge in [0.2, 0.25) is 0 Å². The van der Waals surface area contributed by atoms with Crippen LogP contribution >= 0.6 is 11.6 Å². The Kier molecular flexibility index (Phi) is 11.8. The quantitative estimate of drug-likeness (QED) is 0.169. The lowest BCUT2D eigenvalue weighted by atomic mass is 9.88. The van der Waals surface area contributed by atoms with E-state index in [0.717, 1.165) is 99.5 Å². The van der Waals surface area contributed by atoms with Gasteiger partial charge in [-0.15, -0.1) is 0 Å². The topological polar surface area (TPSA) is 90.0 Å². The SMILES string of the molecule is CC(C)(C)OC(=O)N[C@@H](Cc1ccc(OCCCN2CCC(=C3c4ccc(Cl)cc4CCc4cccnc43)CC2)cc1)C(=O)OC1CCCC1. The van der Waals surface area contributed by atoms with Gasteiger partial charge in [0.25, 0.3) is 0 Å². The van der Waals surface area contributed by atoms with Crippen LogP contribution in [0.2, 0.25) is 5.02 Å². The first kappa shape index (κ1) is 35.9. The molecule has 6 rings (SSSR count). The number of nitrogens with zero attached hydrogens (tertiary/aromatic N) is 2. The van der Waals surface area contributed by atoms with E-state index >= 15 is 0 Å². The average molecular weight is 700 g/mol. The van der Waals surface area contributed by atoms with E-state index in [0.29, 0.717) is 13.0 Å². The molecule has 1 amide bonds. The van der Waals surface area contributed by atoms with Gasteiger partial charge in [-0.25, -0.2) is 9.59 Å². The van der Waals surface area contributed by atoms with Crippen LogP contribution in [0.25, 0.3) is 5.57 Å². The number of ether oxygens (including phenoxy) is 3. The molecular formula is C41H50ClN3O5. The number of pyridine rings is 1. The van der Waals surface area contributed by atoms with E-state index in [4.69, 9.17) is 30.8 Å². The Hall–Kier alpha value is -3.88. The van der Waals surface area contributed by atoms with E-state index < -0.39 is 23.7 Å². The van der Waals surface area contributed by atoms with Gasteiger partial charge in [0.1, 0.15) is 23.5 Å². The number of hydrogen-bond acceptors (Lipinski definition) is 7. The van der Waals surface area contributed by atoms with Crippen LogP contribution in [0.5, 0.6) is 5.75 Å². The van der Waals surface area contributed by atoms with E-state index in [1.165, 1.54) is 27.8 Å². The molecule has 1 aliphatic heterocycles. The monoisotopic (exact) mass is 699 g/mol. The van der Waals surface area contributed by atoms with Crippen molar-refractivity contribution in [2.24, 2.45) is 0 Å². The highest BCUT2D eigenvalue weighted by atomic mass is 35.5. The van der Waals surface area contributed by atoms with Crippen LogP contribution in [0.3, 0.4) is 0 Å². The van der Waals surface area contributed by atoms with E-state index in [-0.39, 0.29) is 6.10 Å². The van der Waals surface area contributed by atoms with Crippen molar-refractivity contribution in [1.29, 1.82) is 0 Å². The number of fused-ring (bicyclic) bond motifs is 2. The Morgan fingerprint density at radius 3 is 2.46 bits per heavy atom. The Bertz CT molecular complexity index is 1670. The summed E-state index contributed by atoms with van der Waals surface area (Å²) in [6.45, 7) is 9.01. The van der Waals surface area contributed by atoms with Crippen LogP contribution < -0.4 is 10.1 Å². The maximum absolute atomic E-state index is 13.1. The molecule has 266 valence electrons. The molecule has 2 fully saturated rings. The second-order valence-electron chi connectivity index (χ2n) is 14.7. The van der Waals surface area contributed by atoms with Crippen LogP contribution in [0.1, 0.15) is 93.7 Å². The molecule has 1 atom stereocenters. The zero-order valence-electron chi connectivity index (χ0n) is 29.6. The number of esters is 1. The lowest BCUT2D eigenvalue weighted by Gasteiger charge is -2.30. The summed E-state index contributed by atoms with van der Waals surface area (Å²) in [6, 6.07) is 17.5. The van der Waals surface area contributed by atoms with Crippen LogP contribution in [0, 0.1) is 0 Å². The standard InChI is InChI=1S/C41H50ClN3O5/c1-41(2,3)50-40(47)44-36(39(46)49-34-9-4-5-10-34)26-28-11-16-33(17-12-28)48-25-7-22-45-23-19-29(20-24-45)37-35-18-15-32(42)27-31(35)14-13-30-8-6-21-43-38(30)37/h6,8,11-12,15-18,21,27,34,36H,4-5,7,9-10,13-14,19-20,22-26H2,1-3H3,(H,44,47)/t36-/m0/s1. The number of hydrogen-bond donors (Lipinski definition) is 1. The van der Waals surface area contributed by atoms with Gasteiger partial charge in [0.05, 0.1) is 12.3 Å². The van der Waals surface area contributed by atoms with Gasteiger partial charge in [-0.2, -0.15) is 0 Å². The summed E-state index contributed by atoms with van der Waals surface area (Å²) in [6.07, 6.45) is 10.3. The highest BCUT2D eigenvalue weighted by molar-refractivity contribution is 6.30. The third-order valence-corrected chi connectivity index (χ3v) is 9.99. The summed E-state index contributed by atoms with van der Waals surface area (Å²) >= 11 is 6.40. The number of benzene rings is 2. The number of piperidine rings is 1.